The minimum atomic E-state index is -2.29. The molecule has 0 bridgehead atoms. The van der Waals surface area contributed by atoms with Crippen molar-refractivity contribution in [2.45, 2.75) is 19.5 Å². The van der Waals surface area contributed by atoms with Gasteiger partial charge in [0.15, 0.2) is 0 Å². The van der Waals surface area contributed by atoms with Crippen LogP contribution >= 0.6 is 11.8 Å². The number of hydrogen-bond donors (Lipinski definition) is 0. The predicted octanol–water partition coefficient (Wildman–Crippen LogP) is 1.50. The molecule has 1 rings (SSSR count). The van der Waals surface area contributed by atoms with Gasteiger partial charge in [0.25, 0.3) is 0 Å². The zero-order valence-corrected chi connectivity index (χ0v) is 14.3. The van der Waals surface area contributed by atoms with Crippen molar-refractivity contribution in [1.29, 1.82) is 0 Å². The Labute approximate surface area is 130 Å². The summed E-state index contributed by atoms with van der Waals surface area (Å²) in [5.41, 5.74) is 0.383. The fourth-order valence-corrected chi connectivity index (χ4v) is 3.54. The highest BCUT2D eigenvalue weighted by Crippen LogP contribution is 2.11. The van der Waals surface area contributed by atoms with Crippen LogP contribution in [0.15, 0.2) is 12.2 Å². The van der Waals surface area contributed by atoms with Gasteiger partial charge < -0.3 is 18.3 Å². The summed E-state index contributed by atoms with van der Waals surface area (Å²) >= 11 is 1.45. The molecule has 0 radical (unpaired) electrons. The minimum absolute atomic E-state index is 0.178. The molecule has 1 saturated heterocycles. The van der Waals surface area contributed by atoms with E-state index in [1.165, 1.54) is 11.8 Å². The maximum Gasteiger partial charge on any atom is 0.334 e. The van der Waals surface area contributed by atoms with Crippen LogP contribution in [0.2, 0.25) is 13.1 Å². The molecule has 1 fully saturated rings. The van der Waals surface area contributed by atoms with Gasteiger partial charge in [0.05, 0.1) is 19.6 Å². The predicted molar refractivity (Wildman–Crippen MR) is 82.4 cm³/mol. The molecule has 0 atom stereocenters. The maximum atomic E-state index is 11.6. The lowest BCUT2D eigenvalue weighted by atomic mass is 10.4. The molecule has 0 aromatic rings. The molecule has 1 heterocycles. The maximum absolute atomic E-state index is 11.6. The first-order chi connectivity index (χ1) is 9.91. The summed E-state index contributed by atoms with van der Waals surface area (Å²) in [6, 6.07) is 0. The van der Waals surface area contributed by atoms with E-state index in [0.717, 1.165) is 0 Å². The number of esters is 2. The van der Waals surface area contributed by atoms with E-state index in [-0.39, 0.29) is 25.8 Å². The van der Waals surface area contributed by atoms with Crippen LogP contribution in [0.3, 0.4) is 0 Å². The second kappa shape index (κ2) is 9.24. The van der Waals surface area contributed by atoms with Crippen molar-refractivity contribution in [3.8, 4) is 0 Å². The molecule has 120 valence electrons. The Bertz CT molecular complexity index is 385. The number of carbonyl (C=O) groups excluding carboxylic acids is 2. The Morgan fingerprint density at radius 3 is 2.33 bits per heavy atom. The van der Waals surface area contributed by atoms with Crippen molar-refractivity contribution in [3.63, 3.8) is 0 Å². The monoisotopic (exact) mass is 334 g/mol. The molecule has 1 aliphatic rings. The Balaban J connectivity index is 2.50. The summed E-state index contributed by atoms with van der Waals surface area (Å²) in [7, 11) is -2.29. The average molecular weight is 334 g/mol. The van der Waals surface area contributed by atoms with E-state index in [9.17, 15) is 9.59 Å². The van der Waals surface area contributed by atoms with Crippen molar-refractivity contribution in [2.24, 2.45) is 0 Å². The molecule has 0 aromatic carbocycles. The fourth-order valence-electron chi connectivity index (χ4n) is 1.49. The summed E-state index contributed by atoms with van der Waals surface area (Å²) in [6.45, 7) is 8.45. The van der Waals surface area contributed by atoms with E-state index in [1.54, 1.807) is 0 Å². The summed E-state index contributed by atoms with van der Waals surface area (Å²) in [5, 5.41) is 0. The topological polar surface area (TPSA) is 71.1 Å². The van der Waals surface area contributed by atoms with Crippen molar-refractivity contribution < 1.29 is 27.9 Å². The highest BCUT2D eigenvalue weighted by atomic mass is 32.2. The molecular weight excluding hydrogens is 312 g/mol. The van der Waals surface area contributed by atoms with Gasteiger partial charge in [-0.25, -0.2) is 4.79 Å². The van der Waals surface area contributed by atoms with Gasteiger partial charge in [0, 0.05) is 17.1 Å². The highest BCUT2D eigenvalue weighted by Gasteiger charge is 2.24. The van der Waals surface area contributed by atoms with Crippen LogP contribution in [0.5, 0.6) is 0 Å². The number of rotatable bonds is 0. The van der Waals surface area contributed by atoms with E-state index >= 15 is 0 Å². The van der Waals surface area contributed by atoms with Crippen LogP contribution in [0.1, 0.15) is 6.42 Å². The van der Waals surface area contributed by atoms with Crippen molar-refractivity contribution in [3.05, 3.63) is 12.2 Å². The molecule has 0 aliphatic carbocycles. The SMILES string of the molecule is C=C1CSCCC(=O)OCCO[Si](C)(C)OCCOC1=O. The summed E-state index contributed by atoms with van der Waals surface area (Å²) in [4.78, 5) is 23.1. The van der Waals surface area contributed by atoms with Crippen LogP contribution < -0.4 is 0 Å². The third kappa shape index (κ3) is 8.25. The van der Waals surface area contributed by atoms with E-state index in [4.69, 9.17) is 18.3 Å². The molecule has 0 N–H and O–H groups in total. The van der Waals surface area contributed by atoms with E-state index in [1.807, 2.05) is 13.1 Å². The van der Waals surface area contributed by atoms with Gasteiger partial charge in [-0.1, -0.05) is 6.58 Å². The molecule has 21 heavy (non-hydrogen) atoms. The minimum Gasteiger partial charge on any atom is -0.463 e. The van der Waals surface area contributed by atoms with Crippen molar-refractivity contribution in [1.82, 2.24) is 0 Å². The molecular formula is C13H22O6SSi. The number of cyclic esters (lactones) is 2. The first-order valence-corrected chi connectivity index (χ1v) is 10.7. The molecule has 1 aliphatic heterocycles. The summed E-state index contributed by atoms with van der Waals surface area (Å²) in [6.07, 6.45) is 0.296. The van der Waals surface area contributed by atoms with Gasteiger partial charge >= 0.3 is 20.5 Å². The Kier molecular flexibility index (Phi) is 8.01. The summed E-state index contributed by atoms with van der Waals surface area (Å²) < 4.78 is 21.3. The Morgan fingerprint density at radius 1 is 1.05 bits per heavy atom. The molecule has 0 amide bonds. The smallest absolute Gasteiger partial charge is 0.334 e. The molecule has 0 aromatic heterocycles. The lowest BCUT2D eigenvalue weighted by Gasteiger charge is -2.22. The van der Waals surface area contributed by atoms with Gasteiger partial charge in [-0.05, 0) is 13.1 Å². The lowest BCUT2D eigenvalue weighted by molar-refractivity contribution is -0.144. The van der Waals surface area contributed by atoms with Gasteiger partial charge in [-0.15, -0.1) is 0 Å². The Morgan fingerprint density at radius 2 is 1.67 bits per heavy atom. The van der Waals surface area contributed by atoms with Crippen LogP contribution in [-0.2, 0) is 27.9 Å². The zero-order valence-electron chi connectivity index (χ0n) is 12.5. The molecule has 0 saturated carbocycles. The van der Waals surface area contributed by atoms with Gasteiger partial charge in [0.2, 0.25) is 0 Å². The number of hydrogen-bond acceptors (Lipinski definition) is 7. The summed E-state index contributed by atoms with van der Waals surface area (Å²) in [5.74, 6) is 0.319. The van der Waals surface area contributed by atoms with Gasteiger partial charge in [-0.3, -0.25) is 4.79 Å². The van der Waals surface area contributed by atoms with Gasteiger partial charge in [0.1, 0.15) is 13.2 Å². The van der Waals surface area contributed by atoms with Crippen LogP contribution in [-0.4, -0.2) is 58.4 Å². The Hall–Kier alpha value is -0.833. The van der Waals surface area contributed by atoms with E-state index in [0.29, 0.717) is 30.1 Å². The third-order valence-corrected chi connectivity index (χ3v) is 5.42. The second-order valence-electron chi connectivity index (χ2n) is 4.86. The van der Waals surface area contributed by atoms with Crippen molar-refractivity contribution in [2.75, 3.05) is 37.9 Å². The van der Waals surface area contributed by atoms with Crippen molar-refractivity contribution >= 4 is 32.3 Å². The quantitative estimate of drug-likeness (QED) is 0.378. The van der Waals surface area contributed by atoms with Crippen LogP contribution in [0.25, 0.3) is 0 Å². The van der Waals surface area contributed by atoms with Crippen LogP contribution in [0.4, 0.5) is 0 Å². The third-order valence-electron chi connectivity index (χ3n) is 2.58. The molecule has 8 heteroatoms. The molecule has 6 nitrogen and oxygen atoms in total. The highest BCUT2D eigenvalue weighted by molar-refractivity contribution is 7.99. The lowest BCUT2D eigenvalue weighted by Crippen LogP contribution is -2.37. The van der Waals surface area contributed by atoms with Gasteiger partial charge in [-0.2, -0.15) is 11.8 Å². The average Bonchev–Trinajstić information content (AvgIpc) is 2.43. The van der Waals surface area contributed by atoms with E-state index < -0.39 is 14.5 Å². The fraction of sp³-hybridized carbons (Fsp3) is 0.692. The molecule has 0 spiro atoms. The largest absolute Gasteiger partial charge is 0.463 e. The first-order valence-electron chi connectivity index (χ1n) is 6.77. The number of carbonyl (C=O) groups is 2. The normalized spacial score (nSPS) is 23.2. The van der Waals surface area contributed by atoms with E-state index in [2.05, 4.69) is 6.58 Å². The standard InChI is InChI=1S/C13H22O6SSi/c1-11-10-20-9-4-12(14)16-5-7-18-21(2,3)19-8-6-17-13(11)15/h1,4-10H2,2-3H3. The van der Waals surface area contributed by atoms with Crippen LogP contribution in [0, 0.1) is 0 Å². The number of thioether (sulfide) groups is 1. The zero-order chi connectivity index (χ0) is 15.7. The number of ether oxygens (including phenoxy) is 2. The second-order valence-corrected chi connectivity index (χ2v) is 9.34. The first kappa shape index (κ1) is 18.2. The molecule has 0 unspecified atom stereocenters.